The number of rotatable bonds is 3. The number of piperazine rings is 1. The Bertz CT molecular complexity index is 1200. The zero-order chi connectivity index (χ0) is 22.6. The Hall–Kier alpha value is -1.72. The van der Waals surface area contributed by atoms with Crippen molar-refractivity contribution in [3.63, 3.8) is 0 Å². The summed E-state index contributed by atoms with van der Waals surface area (Å²) in [5.41, 5.74) is 3.41. The smallest absolute Gasteiger partial charge is 0.189 e. The van der Waals surface area contributed by atoms with Crippen LogP contribution in [0.15, 0.2) is 5.16 Å². The summed E-state index contributed by atoms with van der Waals surface area (Å²) in [6.45, 7) is 12.0. The van der Waals surface area contributed by atoms with Gasteiger partial charge in [-0.2, -0.15) is 0 Å². The Labute approximate surface area is 202 Å². The zero-order valence-electron chi connectivity index (χ0n) is 19.4. The lowest BCUT2D eigenvalue weighted by atomic mass is 9.90. The van der Waals surface area contributed by atoms with Crippen molar-refractivity contribution in [3.8, 4) is 0 Å². The zero-order valence-corrected chi connectivity index (χ0v) is 21.1. The summed E-state index contributed by atoms with van der Waals surface area (Å²) in [5, 5.41) is 5.48. The summed E-state index contributed by atoms with van der Waals surface area (Å²) in [6.07, 6.45) is 2.91. The molecule has 3 aromatic heterocycles. The van der Waals surface area contributed by atoms with E-state index in [-0.39, 0.29) is 5.60 Å². The van der Waals surface area contributed by atoms with Gasteiger partial charge in [0.15, 0.2) is 11.0 Å². The molecular weight excluding hydrogens is 456 g/mol. The normalized spacial score (nSPS) is 21.1. The summed E-state index contributed by atoms with van der Waals surface area (Å²) in [6, 6.07) is 0. The van der Waals surface area contributed by atoms with Crippen LogP contribution in [-0.2, 0) is 22.5 Å². The number of morpholine rings is 1. The van der Waals surface area contributed by atoms with Crippen LogP contribution in [0.1, 0.15) is 25.0 Å². The van der Waals surface area contributed by atoms with E-state index in [0.717, 1.165) is 90.7 Å². The standard InChI is InChI=1S/C23H30N6O2S2/c1-23(2)12-14-15(13-31-23)19(29-8-10-30-11-9-29)26-21-16(14)17-18(33-21)20(27-22(25-17)32-3)28-6-4-24-5-7-28/h24H,4-13H2,1-3H3. The third-order valence-corrected chi connectivity index (χ3v) is 8.36. The number of thioether (sulfide) groups is 1. The van der Waals surface area contributed by atoms with Gasteiger partial charge in [-0.25, -0.2) is 15.0 Å². The van der Waals surface area contributed by atoms with Crippen molar-refractivity contribution in [1.82, 2.24) is 20.3 Å². The number of thiophene rings is 1. The Morgan fingerprint density at radius 3 is 2.48 bits per heavy atom. The van der Waals surface area contributed by atoms with E-state index in [0.29, 0.717) is 6.61 Å². The molecule has 0 aromatic carbocycles. The van der Waals surface area contributed by atoms with Gasteiger partial charge in [0.05, 0.1) is 35.6 Å². The van der Waals surface area contributed by atoms with E-state index in [1.807, 2.05) is 0 Å². The number of hydrogen-bond acceptors (Lipinski definition) is 10. The SMILES string of the molecule is CSc1nc(N2CCNCC2)c2sc3nc(N4CCOCC4)c4c(c3c2n1)CC(C)(C)OC4. The second-order valence-electron chi connectivity index (χ2n) is 9.45. The van der Waals surface area contributed by atoms with Gasteiger partial charge in [-0.15, -0.1) is 11.3 Å². The molecule has 0 radical (unpaired) electrons. The number of fused-ring (bicyclic) bond motifs is 5. The number of hydrogen-bond donors (Lipinski definition) is 1. The number of aromatic nitrogens is 3. The second kappa shape index (κ2) is 8.49. The van der Waals surface area contributed by atoms with E-state index >= 15 is 0 Å². The summed E-state index contributed by atoms with van der Waals surface area (Å²) in [4.78, 5) is 21.1. The number of ether oxygens (including phenoxy) is 2. The lowest BCUT2D eigenvalue weighted by molar-refractivity contribution is -0.0396. The molecular formula is C23H30N6O2S2. The van der Waals surface area contributed by atoms with Crippen molar-refractivity contribution >= 4 is 55.2 Å². The quantitative estimate of drug-likeness (QED) is 0.444. The fourth-order valence-electron chi connectivity index (χ4n) is 5.04. The predicted octanol–water partition coefficient (Wildman–Crippen LogP) is 3.06. The fourth-order valence-corrected chi connectivity index (χ4v) is 6.56. The van der Waals surface area contributed by atoms with Crippen molar-refractivity contribution in [3.05, 3.63) is 11.1 Å². The highest BCUT2D eigenvalue weighted by Gasteiger charge is 2.34. The van der Waals surface area contributed by atoms with Crippen molar-refractivity contribution in [2.24, 2.45) is 0 Å². The van der Waals surface area contributed by atoms with Gasteiger partial charge in [-0.05, 0) is 25.7 Å². The largest absolute Gasteiger partial charge is 0.378 e. The Morgan fingerprint density at radius 1 is 0.970 bits per heavy atom. The molecule has 3 aromatic rings. The molecule has 2 saturated heterocycles. The highest BCUT2D eigenvalue weighted by Crippen LogP contribution is 2.45. The molecule has 6 rings (SSSR count). The van der Waals surface area contributed by atoms with Crippen LogP contribution < -0.4 is 15.1 Å². The Balaban J connectivity index is 1.62. The molecule has 3 aliphatic rings. The maximum atomic E-state index is 6.28. The van der Waals surface area contributed by atoms with Crippen LogP contribution in [0.5, 0.6) is 0 Å². The van der Waals surface area contributed by atoms with E-state index in [1.54, 1.807) is 23.1 Å². The first-order chi connectivity index (χ1) is 16.0. The molecule has 0 bridgehead atoms. The molecule has 8 nitrogen and oxygen atoms in total. The van der Waals surface area contributed by atoms with Gasteiger partial charge in [0.25, 0.3) is 0 Å². The van der Waals surface area contributed by atoms with Crippen LogP contribution in [-0.4, -0.2) is 79.3 Å². The van der Waals surface area contributed by atoms with Gasteiger partial charge in [-0.3, -0.25) is 0 Å². The van der Waals surface area contributed by atoms with Gasteiger partial charge in [0, 0.05) is 56.6 Å². The molecule has 2 fully saturated rings. The van der Waals surface area contributed by atoms with E-state index in [9.17, 15) is 0 Å². The summed E-state index contributed by atoms with van der Waals surface area (Å²) in [7, 11) is 0. The fraction of sp³-hybridized carbons (Fsp3) is 0.609. The lowest BCUT2D eigenvalue weighted by Crippen LogP contribution is -2.44. The molecule has 10 heteroatoms. The van der Waals surface area contributed by atoms with Crippen molar-refractivity contribution in [2.45, 2.75) is 37.6 Å². The molecule has 0 aliphatic carbocycles. The average molecular weight is 487 g/mol. The third kappa shape index (κ3) is 3.85. The molecule has 0 unspecified atom stereocenters. The van der Waals surface area contributed by atoms with Crippen LogP contribution in [0.3, 0.4) is 0 Å². The molecule has 176 valence electrons. The molecule has 0 amide bonds. The van der Waals surface area contributed by atoms with E-state index in [4.69, 9.17) is 24.4 Å². The van der Waals surface area contributed by atoms with Gasteiger partial charge < -0.3 is 24.6 Å². The van der Waals surface area contributed by atoms with Crippen LogP contribution in [0, 0.1) is 0 Å². The highest BCUT2D eigenvalue weighted by molar-refractivity contribution is 7.98. The minimum atomic E-state index is -0.214. The number of nitrogens with zero attached hydrogens (tertiary/aromatic N) is 5. The molecule has 6 heterocycles. The lowest BCUT2D eigenvalue weighted by Gasteiger charge is -2.36. The van der Waals surface area contributed by atoms with Gasteiger partial charge in [0.1, 0.15) is 10.6 Å². The Kier molecular flexibility index (Phi) is 5.61. The van der Waals surface area contributed by atoms with Crippen LogP contribution in [0.25, 0.3) is 20.4 Å². The third-order valence-electron chi connectivity index (χ3n) is 6.74. The predicted molar refractivity (Wildman–Crippen MR) is 135 cm³/mol. The van der Waals surface area contributed by atoms with Crippen molar-refractivity contribution in [1.29, 1.82) is 0 Å². The van der Waals surface area contributed by atoms with Crippen molar-refractivity contribution < 1.29 is 9.47 Å². The number of pyridine rings is 1. The first kappa shape index (κ1) is 21.8. The van der Waals surface area contributed by atoms with Crippen LogP contribution >= 0.6 is 23.1 Å². The molecule has 0 spiro atoms. The monoisotopic (exact) mass is 486 g/mol. The van der Waals surface area contributed by atoms with Crippen LogP contribution in [0.2, 0.25) is 0 Å². The highest BCUT2D eigenvalue weighted by atomic mass is 32.2. The topological polar surface area (TPSA) is 75.6 Å². The minimum absolute atomic E-state index is 0.214. The van der Waals surface area contributed by atoms with Gasteiger partial charge in [0.2, 0.25) is 0 Å². The number of anilines is 2. The summed E-state index contributed by atoms with van der Waals surface area (Å²) < 4.78 is 13.0. The van der Waals surface area contributed by atoms with E-state index in [1.165, 1.54) is 16.5 Å². The second-order valence-corrected chi connectivity index (χ2v) is 11.2. The molecule has 1 N–H and O–H groups in total. The number of nitrogens with one attached hydrogen (secondary N) is 1. The Morgan fingerprint density at radius 2 is 1.73 bits per heavy atom. The first-order valence-electron chi connectivity index (χ1n) is 11.7. The summed E-state index contributed by atoms with van der Waals surface area (Å²) in [5.74, 6) is 2.12. The maximum absolute atomic E-state index is 6.28. The average Bonchev–Trinajstić information content (AvgIpc) is 3.22. The van der Waals surface area contributed by atoms with Gasteiger partial charge >= 0.3 is 0 Å². The molecule has 0 atom stereocenters. The molecule has 3 aliphatic heterocycles. The van der Waals surface area contributed by atoms with Gasteiger partial charge in [-0.1, -0.05) is 11.8 Å². The van der Waals surface area contributed by atoms with E-state index < -0.39 is 0 Å². The summed E-state index contributed by atoms with van der Waals surface area (Å²) >= 11 is 3.36. The minimum Gasteiger partial charge on any atom is -0.378 e. The molecule has 0 saturated carbocycles. The van der Waals surface area contributed by atoms with Crippen molar-refractivity contribution in [2.75, 3.05) is 68.5 Å². The maximum Gasteiger partial charge on any atom is 0.189 e. The van der Waals surface area contributed by atoms with E-state index in [2.05, 4.69) is 35.2 Å². The first-order valence-corrected chi connectivity index (χ1v) is 13.7. The molecule has 33 heavy (non-hydrogen) atoms. The van der Waals surface area contributed by atoms with Crippen LogP contribution in [0.4, 0.5) is 11.6 Å².